The van der Waals surface area contributed by atoms with Gasteiger partial charge in [-0.05, 0) is 64.4 Å². The third kappa shape index (κ3) is 4.21. The highest BCUT2D eigenvalue weighted by atomic mass is 35.5. The van der Waals surface area contributed by atoms with Crippen LogP contribution in [0.3, 0.4) is 0 Å². The first kappa shape index (κ1) is 14.3. The molecule has 0 spiro atoms. The zero-order valence-electron chi connectivity index (χ0n) is 11.4. The van der Waals surface area contributed by atoms with Gasteiger partial charge in [-0.2, -0.15) is 0 Å². The molecular formula is C14H22ClNO. The summed E-state index contributed by atoms with van der Waals surface area (Å²) in [5, 5.41) is 4.09. The maximum atomic E-state index is 6.11. The maximum Gasteiger partial charge on any atom is 0.119 e. The van der Waals surface area contributed by atoms with E-state index in [0.29, 0.717) is 6.61 Å². The minimum absolute atomic E-state index is 0.108. The lowest BCUT2D eigenvalue weighted by atomic mass is 10.0. The van der Waals surface area contributed by atoms with Gasteiger partial charge in [0.1, 0.15) is 5.75 Å². The highest BCUT2D eigenvalue weighted by Gasteiger charge is 2.14. The van der Waals surface area contributed by atoms with Crippen LogP contribution in [0.25, 0.3) is 0 Å². The quantitative estimate of drug-likeness (QED) is 0.866. The summed E-state index contributed by atoms with van der Waals surface area (Å²) in [4.78, 5) is 0. The Balaban J connectivity index is 2.59. The monoisotopic (exact) mass is 255 g/mol. The smallest absolute Gasteiger partial charge is 0.119 e. The van der Waals surface area contributed by atoms with Crippen LogP contribution in [-0.2, 0) is 0 Å². The Morgan fingerprint density at radius 3 is 2.24 bits per heavy atom. The molecule has 1 aromatic rings. The summed E-state index contributed by atoms with van der Waals surface area (Å²) >= 11 is 6.11. The first-order valence-corrected chi connectivity index (χ1v) is 6.32. The van der Waals surface area contributed by atoms with E-state index in [1.807, 2.05) is 33.0 Å². The Morgan fingerprint density at radius 1 is 1.24 bits per heavy atom. The van der Waals surface area contributed by atoms with Gasteiger partial charge in [0.2, 0.25) is 0 Å². The average Bonchev–Trinajstić information content (AvgIpc) is 2.25. The lowest BCUT2D eigenvalue weighted by Crippen LogP contribution is -2.37. The summed E-state index contributed by atoms with van der Waals surface area (Å²) in [6, 6.07) is 3.98. The maximum absolute atomic E-state index is 6.11. The van der Waals surface area contributed by atoms with E-state index in [0.717, 1.165) is 28.3 Å². The number of halogens is 1. The first-order valence-electron chi connectivity index (χ1n) is 5.94. The topological polar surface area (TPSA) is 21.3 Å². The third-order valence-corrected chi connectivity index (χ3v) is 3.68. The van der Waals surface area contributed by atoms with Crippen molar-refractivity contribution in [1.82, 2.24) is 5.32 Å². The molecule has 0 saturated heterocycles. The predicted octanol–water partition coefficient (Wildman–Crippen LogP) is 3.72. The molecule has 0 fully saturated rings. The van der Waals surface area contributed by atoms with Gasteiger partial charge in [-0.15, -0.1) is 0 Å². The summed E-state index contributed by atoms with van der Waals surface area (Å²) in [5.74, 6) is 0.899. The minimum atomic E-state index is 0.108. The van der Waals surface area contributed by atoms with Crippen molar-refractivity contribution < 1.29 is 4.74 Å². The van der Waals surface area contributed by atoms with Crippen molar-refractivity contribution in [2.75, 3.05) is 13.7 Å². The number of aryl methyl sites for hydroxylation is 2. The van der Waals surface area contributed by atoms with Crippen molar-refractivity contribution in [3.8, 4) is 5.75 Å². The van der Waals surface area contributed by atoms with Crippen LogP contribution < -0.4 is 10.1 Å². The second-order valence-electron chi connectivity index (χ2n) is 5.10. The highest BCUT2D eigenvalue weighted by molar-refractivity contribution is 6.32. The molecule has 0 aromatic heterocycles. The molecule has 1 rings (SSSR count). The highest BCUT2D eigenvalue weighted by Crippen LogP contribution is 2.26. The predicted molar refractivity (Wildman–Crippen MR) is 74.2 cm³/mol. The number of hydrogen-bond acceptors (Lipinski definition) is 2. The van der Waals surface area contributed by atoms with Gasteiger partial charge in [-0.25, -0.2) is 0 Å². The Bertz CT molecular complexity index is 365. The molecule has 1 aromatic carbocycles. The molecule has 0 aliphatic carbocycles. The summed E-state index contributed by atoms with van der Waals surface area (Å²) in [6.45, 7) is 9.03. The van der Waals surface area contributed by atoms with Crippen molar-refractivity contribution in [3.63, 3.8) is 0 Å². The number of nitrogens with one attached hydrogen (secondary N) is 1. The number of rotatable bonds is 5. The summed E-state index contributed by atoms with van der Waals surface area (Å²) < 4.78 is 5.76. The number of ether oxygens (including phenoxy) is 1. The van der Waals surface area contributed by atoms with Crippen LogP contribution in [0.1, 0.15) is 31.4 Å². The third-order valence-electron chi connectivity index (χ3n) is 3.08. The molecule has 0 aliphatic heterocycles. The molecule has 1 N–H and O–H groups in total. The minimum Gasteiger partial charge on any atom is -0.494 e. The average molecular weight is 256 g/mol. The molecule has 0 atom stereocenters. The van der Waals surface area contributed by atoms with Gasteiger partial charge in [-0.3, -0.25) is 0 Å². The van der Waals surface area contributed by atoms with Gasteiger partial charge in [0.15, 0.2) is 0 Å². The molecule has 0 unspecified atom stereocenters. The standard InChI is InChI=1S/C14H22ClNO/c1-10-8-12(9-11(2)13(10)15)17-7-6-14(3,4)16-5/h8-9,16H,6-7H2,1-5H3. The molecule has 0 aliphatic rings. The largest absolute Gasteiger partial charge is 0.494 e. The van der Waals surface area contributed by atoms with Gasteiger partial charge in [-0.1, -0.05) is 11.6 Å². The Kier molecular flexibility index (Phi) is 4.84. The normalized spacial score (nSPS) is 11.6. The van der Waals surface area contributed by atoms with Crippen molar-refractivity contribution in [2.45, 2.75) is 39.7 Å². The van der Waals surface area contributed by atoms with Gasteiger partial charge in [0.25, 0.3) is 0 Å². The molecule has 0 saturated carbocycles. The zero-order valence-corrected chi connectivity index (χ0v) is 12.1. The van der Waals surface area contributed by atoms with Gasteiger partial charge in [0, 0.05) is 10.6 Å². The van der Waals surface area contributed by atoms with Gasteiger partial charge in [0.05, 0.1) is 6.61 Å². The first-order chi connectivity index (χ1) is 7.85. The van der Waals surface area contributed by atoms with Gasteiger partial charge >= 0.3 is 0 Å². The SMILES string of the molecule is CNC(C)(C)CCOc1cc(C)c(Cl)c(C)c1. The fourth-order valence-corrected chi connectivity index (χ4v) is 1.65. The molecule has 0 amide bonds. The zero-order chi connectivity index (χ0) is 13.1. The molecular weight excluding hydrogens is 234 g/mol. The fraction of sp³-hybridized carbons (Fsp3) is 0.571. The molecule has 0 heterocycles. The number of hydrogen-bond donors (Lipinski definition) is 1. The van der Waals surface area contributed by atoms with E-state index in [-0.39, 0.29) is 5.54 Å². The van der Waals surface area contributed by atoms with E-state index in [9.17, 15) is 0 Å². The van der Waals surface area contributed by atoms with Crippen LogP contribution in [-0.4, -0.2) is 19.2 Å². The molecule has 3 heteroatoms. The van der Waals surface area contributed by atoms with E-state index in [1.165, 1.54) is 0 Å². The number of benzene rings is 1. The van der Waals surface area contributed by atoms with E-state index >= 15 is 0 Å². The second kappa shape index (κ2) is 5.74. The summed E-state index contributed by atoms with van der Waals surface area (Å²) in [5.41, 5.74) is 2.24. The lowest BCUT2D eigenvalue weighted by molar-refractivity contribution is 0.255. The van der Waals surface area contributed by atoms with Crippen LogP contribution >= 0.6 is 11.6 Å². The molecule has 2 nitrogen and oxygen atoms in total. The van der Waals surface area contributed by atoms with Crippen LogP contribution in [0, 0.1) is 13.8 Å². The van der Waals surface area contributed by atoms with Crippen molar-refractivity contribution in [3.05, 3.63) is 28.3 Å². The van der Waals surface area contributed by atoms with E-state index in [4.69, 9.17) is 16.3 Å². The van der Waals surface area contributed by atoms with Gasteiger partial charge < -0.3 is 10.1 Å². The van der Waals surface area contributed by atoms with Crippen molar-refractivity contribution in [1.29, 1.82) is 0 Å². The summed E-state index contributed by atoms with van der Waals surface area (Å²) in [6.07, 6.45) is 0.963. The Hall–Kier alpha value is -0.730. The molecule has 96 valence electrons. The van der Waals surface area contributed by atoms with Crippen LogP contribution in [0.4, 0.5) is 0 Å². The van der Waals surface area contributed by atoms with Crippen molar-refractivity contribution >= 4 is 11.6 Å². The molecule has 0 radical (unpaired) electrons. The molecule has 0 bridgehead atoms. The lowest BCUT2D eigenvalue weighted by Gasteiger charge is -2.23. The van der Waals surface area contributed by atoms with E-state index in [1.54, 1.807) is 0 Å². The Morgan fingerprint density at radius 2 is 1.76 bits per heavy atom. The Labute approximate surface area is 109 Å². The molecule has 17 heavy (non-hydrogen) atoms. The van der Waals surface area contributed by atoms with Crippen LogP contribution in [0.2, 0.25) is 5.02 Å². The fourth-order valence-electron chi connectivity index (χ4n) is 1.54. The van der Waals surface area contributed by atoms with Crippen LogP contribution in [0.15, 0.2) is 12.1 Å². The van der Waals surface area contributed by atoms with Crippen molar-refractivity contribution in [2.24, 2.45) is 0 Å². The van der Waals surface area contributed by atoms with Crippen LogP contribution in [0.5, 0.6) is 5.75 Å². The van der Waals surface area contributed by atoms with E-state index in [2.05, 4.69) is 19.2 Å². The second-order valence-corrected chi connectivity index (χ2v) is 5.48. The summed E-state index contributed by atoms with van der Waals surface area (Å²) in [7, 11) is 1.97. The van der Waals surface area contributed by atoms with E-state index < -0.39 is 0 Å².